The van der Waals surface area contributed by atoms with Crippen molar-refractivity contribution in [2.75, 3.05) is 25.6 Å². The molecule has 1 aliphatic rings. The second kappa shape index (κ2) is 10.1. The molecule has 2 heterocycles. The van der Waals surface area contributed by atoms with Crippen molar-refractivity contribution >= 4 is 11.7 Å². The number of aryl methyl sites for hydroxylation is 1. The van der Waals surface area contributed by atoms with E-state index in [0.717, 1.165) is 55.1 Å². The Morgan fingerprint density at radius 3 is 2.89 bits per heavy atom. The number of hydrogen-bond donors (Lipinski definition) is 2. The van der Waals surface area contributed by atoms with Crippen molar-refractivity contribution in [1.29, 1.82) is 0 Å². The summed E-state index contributed by atoms with van der Waals surface area (Å²) in [7, 11) is 1.76. The van der Waals surface area contributed by atoms with Crippen molar-refractivity contribution in [2.45, 2.75) is 51.7 Å². The van der Waals surface area contributed by atoms with E-state index in [2.05, 4.69) is 22.4 Å². The van der Waals surface area contributed by atoms with Gasteiger partial charge in [0.1, 0.15) is 12.4 Å². The molecule has 0 saturated carbocycles. The van der Waals surface area contributed by atoms with Gasteiger partial charge in [0.05, 0.1) is 24.0 Å². The van der Waals surface area contributed by atoms with Gasteiger partial charge in [-0.05, 0) is 56.0 Å². The van der Waals surface area contributed by atoms with Gasteiger partial charge in [0.25, 0.3) is 0 Å². The number of urea groups is 1. The zero-order valence-corrected chi connectivity index (χ0v) is 16.7. The van der Waals surface area contributed by atoms with E-state index in [1.54, 1.807) is 11.9 Å². The third-order valence-corrected chi connectivity index (χ3v) is 4.76. The van der Waals surface area contributed by atoms with Crippen LogP contribution in [-0.4, -0.2) is 47.5 Å². The average Bonchev–Trinajstić information content (AvgIpc) is 3.15. The Kier molecular flexibility index (Phi) is 7.31. The first-order valence-corrected chi connectivity index (χ1v) is 10.0. The third-order valence-electron chi connectivity index (χ3n) is 4.76. The monoisotopic (exact) mass is 386 g/mol. The molecule has 0 bridgehead atoms. The summed E-state index contributed by atoms with van der Waals surface area (Å²) in [6, 6.07) is 9.26. The number of nitrogens with zero attached hydrogens (tertiary/aromatic N) is 2. The first-order valence-electron chi connectivity index (χ1n) is 10.0. The number of aromatic amines is 1. The van der Waals surface area contributed by atoms with Gasteiger partial charge in [-0.25, -0.2) is 4.79 Å². The minimum atomic E-state index is -0.170. The fourth-order valence-electron chi connectivity index (χ4n) is 3.18. The van der Waals surface area contributed by atoms with Crippen molar-refractivity contribution < 1.29 is 14.3 Å². The SMILES string of the molecule is CCCc1cc(CN(C)C(=O)Nc2ccc(OC[C@@H]3CCCCO3)cc2)[nH]n1. The molecular formula is C21H30N4O3. The van der Waals surface area contributed by atoms with E-state index in [0.29, 0.717) is 13.2 Å². The summed E-state index contributed by atoms with van der Waals surface area (Å²) in [4.78, 5) is 14.0. The maximum atomic E-state index is 12.4. The number of aromatic nitrogens is 2. The predicted octanol–water partition coefficient (Wildman–Crippen LogP) is 3.97. The van der Waals surface area contributed by atoms with Crippen LogP contribution in [0.25, 0.3) is 0 Å². The maximum Gasteiger partial charge on any atom is 0.321 e. The van der Waals surface area contributed by atoms with Crippen LogP contribution in [0.1, 0.15) is 44.0 Å². The lowest BCUT2D eigenvalue weighted by molar-refractivity contribution is -0.0110. The molecule has 152 valence electrons. The summed E-state index contributed by atoms with van der Waals surface area (Å²) >= 11 is 0. The van der Waals surface area contributed by atoms with Crippen LogP contribution in [0.5, 0.6) is 5.75 Å². The minimum absolute atomic E-state index is 0.170. The lowest BCUT2D eigenvalue weighted by Crippen LogP contribution is -2.30. The summed E-state index contributed by atoms with van der Waals surface area (Å²) in [5.74, 6) is 0.779. The van der Waals surface area contributed by atoms with Crippen molar-refractivity contribution in [1.82, 2.24) is 15.1 Å². The second-order valence-electron chi connectivity index (χ2n) is 7.24. The fraction of sp³-hybridized carbons (Fsp3) is 0.524. The molecule has 7 heteroatoms. The first kappa shape index (κ1) is 20.2. The van der Waals surface area contributed by atoms with Gasteiger partial charge in [0, 0.05) is 19.3 Å². The molecule has 1 fully saturated rings. The smallest absolute Gasteiger partial charge is 0.321 e. The highest BCUT2D eigenvalue weighted by atomic mass is 16.5. The number of nitrogens with one attached hydrogen (secondary N) is 2. The number of benzene rings is 1. The van der Waals surface area contributed by atoms with Gasteiger partial charge < -0.3 is 19.7 Å². The molecule has 2 aromatic rings. The Labute approximate surface area is 166 Å². The lowest BCUT2D eigenvalue weighted by Gasteiger charge is -2.22. The van der Waals surface area contributed by atoms with Crippen LogP contribution in [0.15, 0.2) is 30.3 Å². The topological polar surface area (TPSA) is 79.5 Å². The highest BCUT2D eigenvalue weighted by Crippen LogP contribution is 2.19. The normalized spacial score (nSPS) is 16.6. The van der Waals surface area contributed by atoms with Crippen LogP contribution in [0, 0.1) is 0 Å². The minimum Gasteiger partial charge on any atom is -0.491 e. The number of H-pyrrole nitrogens is 1. The quantitative estimate of drug-likeness (QED) is 0.719. The van der Waals surface area contributed by atoms with E-state index >= 15 is 0 Å². The zero-order chi connectivity index (χ0) is 19.8. The molecule has 3 rings (SSSR count). The van der Waals surface area contributed by atoms with Crippen LogP contribution >= 0.6 is 0 Å². The summed E-state index contributed by atoms with van der Waals surface area (Å²) in [6.07, 6.45) is 5.56. The summed E-state index contributed by atoms with van der Waals surface area (Å²) in [5.41, 5.74) is 2.68. The van der Waals surface area contributed by atoms with Gasteiger partial charge in [-0.3, -0.25) is 5.10 Å². The molecule has 1 aromatic heterocycles. The average molecular weight is 386 g/mol. The number of amides is 2. The number of anilines is 1. The summed E-state index contributed by atoms with van der Waals surface area (Å²) in [5, 5.41) is 10.1. The molecule has 1 aliphatic heterocycles. The molecule has 1 saturated heterocycles. The molecular weight excluding hydrogens is 356 g/mol. The Bertz CT molecular complexity index is 738. The molecule has 0 radical (unpaired) electrons. The number of carbonyl (C=O) groups excluding carboxylic acids is 1. The van der Waals surface area contributed by atoms with E-state index in [1.807, 2.05) is 30.3 Å². The number of hydrogen-bond acceptors (Lipinski definition) is 4. The van der Waals surface area contributed by atoms with Gasteiger partial charge in [-0.1, -0.05) is 13.3 Å². The highest BCUT2D eigenvalue weighted by molar-refractivity contribution is 5.89. The number of ether oxygens (including phenoxy) is 2. The van der Waals surface area contributed by atoms with E-state index < -0.39 is 0 Å². The van der Waals surface area contributed by atoms with Crippen LogP contribution in [0.2, 0.25) is 0 Å². The third kappa shape index (κ3) is 5.99. The van der Waals surface area contributed by atoms with Crippen molar-refractivity contribution in [3.05, 3.63) is 41.7 Å². The first-order chi connectivity index (χ1) is 13.6. The Balaban J connectivity index is 1.44. The molecule has 2 N–H and O–H groups in total. The van der Waals surface area contributed by atoms with Crippen LogP contribution in [0.4, 0.5) is 10.5 Å². The summed E-state index contributed by atoms with van der Waals surface area (Å²) < 4.78 is 11.5. The maximum absolute atomic E-state index is 12.4. The van der Waals surface area contributed by atoms with Gasteiger partial charge in [-0.2, -0.15) is 5.10 Å². The lowest BCUT2D eigenvalue weighted by atomic mass is 10.1. The molecule has 1 aromatic carbocycles. The molecule has 0 unspecified atom stereocenters. The second-order valence-corrected chi connectivity index (χ2v) is 7.24. The molecule has 0 aliphatic carbocycles. The molecule has 1 atom stereocenters. The molecule has 0 spiro atoms. The predicted molar refractivity (Wildman–Crippen MR) is 109 cm³/mol. The standard InChI is InChI=1S/C21H30N4O3/c1-3-6-17-13-18(24-23-17)14-25(2)21(26)22-16-8-10-19(11-9-16)28-15-20-7-4-5-12-27-20/h8-11,13,20H,3-7,12,14-15H2,1-2H3,(H,22,26)(H,23,24)/t20-/m0/s1. The van der Waals surface area contributed by atoms with E-state index in [1.165, 1.54) is 6.42 Å². The van der Waals surface area contributed by atoms with Crippen LogP contribution in [-0.2, 0) is 17.7 Å². The van der Waals surface area contributed by atoms with Gasteiger partial charge in [0.2, 0.25) is 0 Å². The molecule has 28 heavy (non-hydrogen) atoms. The Hall–Kier alpha value is -2.54. The van der Waals surface area contributed by atoms with E-state index in [-0.39, 0.29) is 12.1 Å². The molecule has 2 amide bonds. The number of rotatable bonds is 8. The Morgan fingerprint density at radius 2 is 2.18 bits per heavy atom. The fourth-order valence-corrected chi connectivity index (χ4v) is 3.18. The van der Waals surface area contributed by atoms with Crippen LogP contribution < -0.4 is 10.1 Å². The van der Waals surface area contributed by atoms with E-state index in [9.17, 15) is 4.79 Å². The zero-order valence-electron chi connectivity index (χ0n) is 16.7. The molecule has 7 nitrogen and oxygen atoms in total. The van der Waals surface area contributed by atoms with Crippen molar-refractivity contribution in [3.63, 3.8) is 0 Å². The van der Waals surface area contributed by atoms with Gasteiger partial charge in [0.15, 0.2) is 0 Å². The highest BCUT2D eigenvalue weighted by Gasteiger charge is 2.15. The van der Waals surface area contributed by atoms with Crippen LogP contribution in [0.3, 0.4) is 0 Å². The van der Waals surface area contributed by atoms with Crippen molar-refractivity contribution in [3.8, 4) is 5.75 Å². The largest absolute Gasteiger partial charge is 0.491 e. The van der Waals surface area contributed by atoms with Gasteiger partial charge >= 0.3 is 6.03 Å². The Morgan fingerprint density at radius 1 is 1.36 bits per heavy atom. The van der Waals surface area contributed by atoms with E-state index in [4.69, 9.17) is 9.47 Å². The van der Waals surface area contributed by atoms with Crippen molar-refractivity contribution in [2.24, 2.45) is 0 Å². The van der Waals surface area contributed by atoms with Gasteiger partial charge in [-0.15, -0.1) is 0 Å². The number of carbonyl (C=O) groups is 1. The summed E-state index contributed by atoms with van der Waals surface area (Å²) in [6.45, 7) is 3.99.